The van der Waals surface area contributed by atoms with Crippen molar-refractivity contribution < 1.29 is 9.90 Å². The van der Waals surface area contributed by atoms with E-state index in [4.69, 9.17) is 11.6 Å². The lowest BCUT2D eigenvalue weighted by Crippen LogP contribution is -2.49. The molecule has 1 aliphatic heterocycles. The van der Waals surface area contributed by atoms with Crippen LogP contribution in [0.5, 0.6) is 0 Å². The van der Waals surface area contributed by atoms with E-state index in [1.54, 1.807) is 6.07 Å². The Labute approximate surface area is 125 Å². The number of hydrogen-bond donors (Lipinski definition) is 1. The highest BCUT2D eigenvalue weighted by molar-refractivity contribution is 6.31. The summed E-state index contributed by atoms with van der Waals surface area (Å²) in [6, 6.07) is 5.12. The topological polar surface area (TPSA) is 40.5 Å². The maximum Gasteiger partial charge on any atom is 0.337 e. The van der Waals surface area contributed by atoms with Crippen LogP contribution in [0.4, 0.5) is 5.69 Å². The Morgan fingerprint density at radius 3 is 2.25 bits per heavy atom. The van der Waals surface area contributed by atoms with Crippen molar-refractivity contribution in [2.75, 3.05) is 18.0 Å². The van der Waals surface area contributed by atoms with Gasteiger partial charge in [-0.15, -0.1) is 0 Å². The molecular formula is C16H22ClNO2. The van der Waals surface area contributed by atoms with Gasteiger partial charge in [0.1, 0.15) is 0 Å². The van der Waals surface area contributed by atoms with E-state index in [0.29, 0.717) is 5.02 Å². The zero-order valence-electron chi connectivity index (χ0n) is 12.5. The molecule has 0 atom stereocenters. The quantitative estimate of drug-likeness (QED) is 0.884. The summed E-state index contributed by atoms with van der Waals surface area (Å²) < 4.78 is 0. The third-order valence-corrected chi connectivity index (χ3v) is 3.96. The average Bonchev–Trinajstić information content (AvgIpc) is 2.24. The van der Waals surface area contributed by atoms with E-state index in [2.05, 4.69) is 32.6 Å². The average molecular weight is 296 g/mol. The van der Waals surface area contributed by atoms with Crippen molar-refractivity contribution in [1.29, 1.82) is 0 Å². The lowest BCUT2D eigenvalue weighted by molar-refractivity contribution is 0.0696. The van der Waals surface area contributed by atoms with E-state index in [9.17, 15) is 9.90 Å². The first-order valence-electron chi connectivity index (χ1n) is 6.88. The Hall–Kier alpha value is -1.22. The van der Waals surface area contributed by atoms with Crippen LogP contribution in [0.1, 0.15) is 44.5 Å². The van der Waals surface area contributed by atoms with Crippen LogP contribution < -0.4 is 4.90 Å². The fraction of sp³-hybridized carbons (Fsp3) is 0.562. The predicted molar refractivity (Wildman–Crippen MR) is 82.8 cm³/mol. The molecule has 0 amide bonds. The number of aromatic carboxylic acids is 1. The molecule has 20 heavy (non-hydrogen) atoms. The van der Waals surface area contributed by atoms with Gasteiger partial charge in [0.25, 0.3) is 0 Å². The maximum absolute atomic E-state index is 11.5. The SMILES string of the molecule is CC1(C)CN(c2ccc(Cl)cc2C(=O)O)CC(C)(C)C1. The zero-order chi connectivity index (χ0) is 15.1. The van der Waals surface area contributed by atoms with Gasteiger partial charge in [0.2, 0.25) is 0 Å². The van der Waals surface area contributed by atoms with Crippen LogP contribution in [0.25, 0.3) is 0 Å². The summed E-state index contributed by atoms with van der Waals surface area (Å²) in [7, 11) is 0. The van der Waals surface area contributed by atoms with Crippen molar-refractivity contribution in [2.45, 2.75) is 34.1 Å². The van der Waals surface area contributed by atoms with Gasteiger partial charge in [-0.2, -0.15) is 0 Å². The molecule has 0 radical (unpaired) electrons. The molecule has 1 aromatic carbocycles. The molecule has 0 spiro atoms. The first-order chi connectivity index (χ1) is 9.10. The Balaban J connectivity index is 2.43. The van der Waals surface area contributed by atoms with Crippen LogP contribution in [0.15, 0.2) is 18.2 Å². The third kappa shape index (κ3) is 3.26. The number of rotatable bonds is 2. The first-order valence-corrected chi connectivity index (χ1v) is 7.25. The van der Waals surface area contributed by atoms with Gasteiger partial charge in [0, 0.05) is 18.1 Å². The van der Waals surface area contributed by atoms with Gasteiger partial charge in [0.05, 0.1) is 11.3 Å². The summed E-state index contributed by atoms with van der Waals surface area (Å²) in [5, 5.41) is 9.86. The van der Waals surface area contributed by atoms with Crippen LogP contribution in [0, 0.1) is 10.8 Å². The summed E-state index contributed by atoms with van der Waals surface area (Å²) in [6.07, 6.45) is 1.13. The lowest BCUT2D eigenvalue weighted by atomic mass is 9.71. The molecule has 1 fully saturated rings. The normalized spacial score (nSPS) is 20.8. The van der Waals surface area contributed by atoms with Gasteiger partial charge in [-0.3, -0.25) is 0 Å². The third-order valence-electron chi connectivity index (χ3n) is 3.72. The molecule has 110 valence electrons. The Kier molecular flexibility index (Phi) is 3.76. The van der Waals surface area contributed by atoms with Crippen molar-refractivity contribution in [3.63, 3.8) is 0 Å². The number of halogens is 1. The van der Waals surface area contributed by atoms with E-state index in [-0.39, 0.29) is 16.4 Å². The summed E-state index contributed by atoms with van der Waals surface area (Å²) in [5.74, 6) is -0.927. The minimum absolute atomic E-state index is 0.164. The smallest absolute Gasteiger partial charge is 0.337 e. The molecule has 0 aliphatic carbocycles. The number of carboxylic acid groups (broad SMARTS) is 1. The number of benzene rings is 1. The highest BCUT2D eigenvalue weighted by Crippen LogP contribution is 2.42. The van der Waals surface area contributed by atoms with Gasteiger partial charge in [-0.1, -0.05) is 39.3 Å². The number of anilines is 1. The molecule has 1 aromatic rings. The Bertz CT molecular complexity index is 521. The number of carbonyl (C=O) groups is 1. The number of piperidine rings is 1. The van der Waals surface area contributed by atoms with Crippen molar-refractivity contribution in [3.8, 4) is 0 Å². The van der Waals surface area contributed by atoms with Gasteiger partial charge in [-0.25, -0.2) is 4.79 Å². The van der Waals surface area contributed by atoms with E-state index in [0.717, 1.165) is 25.2 Å². The van der Waals surface area contributed by atoms with Gasteiger partial charge in [-0.05, 0) is 35.4 Å². The Morgan fingerprint density at radius 2 is 1.75 bits per heavy atom. The molecule has 3 nitrogen and oxygen atoms in total. The molecule has 1 heterocycles. The second-order valence-electron chi connectivity index (χ2n) is 7.33. The highest BCUT2D eigenvalue weighted by Gasteiger charge is 2.38. The van der Waals surface area contributed by atoms with Crippen LogP contribution in [-0.4, -0.2) is 24.2 Å². The van der Waals surface area contributed by atoms with Gasteiger partial charge >= 0.3 is 5.97 Å². The minimum atomic E-state index is -0.927. The number of carboxylic acids is 1. The summed E-state index contributed by atoms with van der Waals surface area (Å²) >= 11 is 5.93. The molecule has 0 saturated carbocycles. The maximum atomic E-state index is 11.5. The second-order valence-corrected chi connectivity index (χ2v) is 7.76. The fourth-order valence-corrected chi connectivity index (χ4v) is 3.79. The van der Waals surface area contributed by atoms with Crippen molar-refractivity contribution in [2.24, 2.45) is 10.8 Å². The summed E-state index contributed by atoms with van der Waals surface area (Å²) in [6.45, 7) is 10.7. The standard InChI is InChI=1S/C16H22ClNO2/c1-15(2)8-16(3,4)10-18(9-15)13-6-5-11(17)7-12(13)14(19)20/h5-7H,8-10H2,1-4H3,(H,19,20). The van der Waals surface area contributed by atoms with E-state index < -0.39 is 5.97 Å². The van der Waals surface area contributed by atoms with Gasteiger partial charge < -0.3 is 10.0 Å². The molecule has 1 N–H and O–H groups in total. The first kappa shape index (κ1) is 15.2. The predicted octanol–water partition coefficient (Wildman–Crippen LogP) is 4.30. The minimum Gasteiger partial charge on any atom is -0.478 e. The largest absolute Gasteiger partial charge is 0.478 e. The van der Waals surface area contributed by atoms with Crippen molar-refractivity contribution in [1.82, 2.24) is 0 Å². The molecule has 2 rings (SSSR count). The molecule has 1 saturated heterocycles. The van der Waals surface area contributed by atoms with Gasteiger partial charge in [0.15, 0.2) is 0 Å². The molecule has 0 aromatic heterocycles. The molecule has 1 aliphatic rings. The number of hydrogen-bond acceptors (Lipinski definition) is 2. The highest BCUT2D eigenvalue weighted by atomic mass is 35.5. The summed E-state index contributed by atoms with van der Waals surface area (Å²) in [4.78, 5) is 13.6. The van der Waals surface area contributed by atoms with Crippen LogP contribution >= 0.6 is 11.6 Å². The molecule has 4 heteroatoms. The Morgan fingerprint density at radius 1 is 1.20 bits per heavy atom. The van der Waals surface area contributed by atoms with E-state index in [1.165, 1.54) is 6.07 Å². The van der Waals surface area contributed by atoms with Crippen molar-refractivity contribution >= 4 is 23.3 Å². The molecular weight excluding hydrogens is 274 g/mol. The monoisotopic (exact) mass is 295 g/mol. The molecule has 0 unspecified atom stereocenters. The van der Waals surface area contributed by atoms with Crippen LogP contribution in [0.2, 0.25) is 5.02 Å². The zero-order valence-corrected chi connectivity index (χ0v) is 13.3. The van der Waals surface area contributed by atoms with E-state index >= 15 is 0 Å². The molecule has 0 bridgehead atoms. The van der Waals surface area contributed by atoms with Crippen LogP contribution in [0.3, 0.4) is 0 Å². The lowest BCUT2D eigenvalue weighted by Gasteiger charge is -2.48. The number of nitrogens with zero attached hydrogens (tertiary/aromatic N) is 1. The fourth-order valence-electron chi connectivity index (χ4n) is 3.62. The second kappa shape index (κ2) is 4.96. The van der Waals surface area contributed by atoms with Crippen LogP contribution in [-0.2, 0) is 0 Å². The van der Waals surface area contributed by atoms with Crippen molar-refractivity contribution in [3.05, 3.63) is 28.8 Å². The summed E-state index contributed by atoms with van der Waals surface area (Å²) in [5.41, 5.74) is 1.38. The van der Waals surface area contributed by atoms with E-state index in [1.807, 2.05) is 6.07 Å².